The van der Waals surface area contributed by atoms with Gasteiger partial charge < -0.3 is 9.84 Å². The Morgan fingerprint density at radius 1 is 1.11 bits per heavy atom. The first-order chi connectivity index (χ1) is 16.9. The smallest absolute Gasteiger partial charge is 0.234 e. The zero-order valence-corrected chi connectivity index (χ0v) is 22.6. The molecule has 0 unspecified atom stereocenters. The van der Waals surface area contributed by atoms with E-state index in [0.717, 1.165) is 5.57 Å². The van der Waals surface area contributed by atoms with Gasteiger partial charge in [0.15, 0.2) is 23.1 Å². The number of benzene rings is 1. The number of amides is 2. The number of aromatic hydroxyl groups is 1. The van der Waals surface area contributed by atoms with Crippen molar-refractivity contribution < 1.29 is 29.0 Å². The lowest BCUT2D eigenvalue weighted by Crippen LogP contribution is -2.46. The van der Waals surface area contributed by atoms with E-state index in [0.29, 0.717) is 23.1 Å². The number of methoxy groups -OCH3 is 1. The first kappa shape index (κ1) is 25.0. The summed E-state index contributed by atoms with van der Waals surface area (Å²) in [4.78, 5) is 54.9. The summed E-state index contributed by atoms with van der Waals surface area (Å²) in [5.74, 6) is -3.42. The predicted molar refractivity (Wildman–Crippen MR) is 136 cm³/mol. The van der Waals surface area contributed by atoms with Crippen LogP contribution in [-0.4, -0.2) is 46.0 Å². The van der Waals surface area contributed by atoms with Crippen molar-refractivity contribution >= 4 is 50.9 Å². The molecular formula is C27H25BrClNO6. The minimum absolute atomic E-state index is 0.0419. The molecule has 3 aliphatic carbocycles. The Bertz CT molecular complexity index is 1350. The lowest BCUT2D eigenvalue weighted by atomic mass is 9.59. The molecule has 1 aliphatic heterocycles. The van der Waals surface area contributed by atoms with Crippen molar-refractivity contribution in [2.24, 2.45) is 17.8 Å². The van der Waals surface area contributed by atoms with Gasteiger partial charge >= 0.3 is 0 Å². The number of allylic oxidation sites excluding steroid dienone is 6. The fourth-order valence-corrected chi connectivity index (χ4v) is 6.83. The number of carbonyl (C=O) groups excluding carboxylic acids is 4. The van der Waals surface area contributed by atoms with Crippen LogP contribution >= 0.6 is 27.5 Å². The number of fused-ring (bicyclic) bond motifs is 3. The molecule has 4 aliphatic rings. The number of carbonyl (C=O) groups is 4. The van der Waals surface area contributed by atoms with Gasteiger partial charge in [0.1, 0.15) is 0 Å². The van der Waals surface area contributed by atoms with Gasteiger partial charge in [-0.1, -0.05) is 23.3 Å². The summed E-state index contributed by atoms with van der Waals surface area (Å²) in [7, 11) is 1.40. The average molecular weight is 575 g/mol. The fraction of sp³-hybridized carbons (Fsp3) is 0.407. The van der Waals surface area contributed by atoms with Crippen LogP contribution in [0.3, 0.4) is 0 Å². The van der Waals surface area contributed by atoms with Crippen molar-refractivity contribution in [3.05, 3.63) is 56.1 Å². The van der Waals surface area contributed by atoms with E-state index in [-0.39, 0.29) is 50.8 Å². The van der Waals surface area contributed by atoms with Crippen LogP contribution < -0.4 is 4.74 Å². The van der Waals surface area contributed by atoms with Gasteiger partial charge in [0.2, 0.25) is 11.8 Å². The van der Waals surface area contributed by atoms with Crippen molar-refractivity contribution in [3.8, 4) is 11.5 Å². The molecule has 1 heterocycles. The molecule has 1 saturated heterocycles. The zero-order chi connectivity index (χ0) is 26.3. The number of hydrogen-bond acceptors (Lipinski definition) is 6. The Hall–Kier alpha value is -2.71. The van der Waals surface area contributed by atoms with Crippen molar-refractivity contribution in [1.82, 2.24) is 4.90 Å². The third-order valence-electron chi connectivity index (χ3n) is 7.61. The van der Waals surface area contributed by atoms with Crippen LogP contribution in [-0.2, 0) is 19.2 Å². The van der Waals surface area contributed by atoms with E-state index >= 15 is 0 Å². The van der Waals surface area contributed by atoms with Crippen molar-refractivity contribution in [2.45, 2.75) is 45.1 Å². The Kier molecular flexibility index (Phi) is 5.84. The number of likely N-dealkylation sites (tertiary alicyclic amines) is 1. The standard InChI is InChI=1S/C27H25BrClNO6/c1-27(2,3)30-25(34)13-6-5-12-14(21(13)26(30)35)9-15-22(18(31)10-16(28)23(15)32)20(12)11-7-17(29)24(33)19(8-11)36-4/h5,7-8,10,13-14,20-21,33H,6,9H2,1-4H3/t13-,14+,20-,21-/m0/s1. The molecule has 4 atom stereocenters. The number of imide groups is 1. The fourth-order valence-electron chi connectivity index (χ4n) is 6.16. The first-order valence-corrected chi connectivity index (χ1v) is 12.9. The molecule has 7 nitrogen and oxygen atoms in total. The van der Waals surface area contributed by atoms with E-state index in [2.05, 4.69) is 15.9 Å². The summed E-state index contributed by atoms with van der Waals surface area (Å²) in [6.07, 6.45) is 3.76. The summed E-state index contributed by atoms with van der Waals surface area (Å²) in [6, 6.07) is 3.15. The molecule has 5 rings (SSSR count). The van der Waals surface area contributed by atoms with Gasteiger partial charge in [0.05, 0.1) is 28.5 Å². The maximum Gasteiger partial charge on any atom is 0.234 e. The molecule has 0 bridgehead atoms. The quantitative estimate of drug-likeness (QED) is 0.314. The molecule has 36 heavy (non-hydrogen) atoms. The third kappa shape index (κ3) is 3.52. The van der Waals surface area contributed by atoms with Crippen LogP contribution in [0.5, 0.6) is 11.5 Å². The number of nitrogens with zero attached hydrogens (tertiary/aromatic N) is 1. The Morgan fingerprint density at radius 2 is 1.81 bits per heavy atom. The molecule has 0 aromatic heterocycles. The van der Waals surface area contributed by atoms with Crippen LogP contribution in [0, 0.1) is 17.8 Å². The highest BCUT2D eigenvalue weighted by atomic mass is 79.9. The predicted octanol–water partition coefficient (Wildman–Crippen LogP) is 4.61. The Labute approximate surface area is 221 Å². The van der Waals surface area contributed by atoms with Gasteiger partial charge in [0, 0.05) is 28.7 Å². The summed E-state index contributed by atoms with van der Waals surface area (Å²) in [6.45, 7) is 5.48. The molecule has 1 aromatic rings. The summed E-state index contributed by atoms with van der Waals surface area (Å²) >= 11 is 9.53. The second-order valence-corrected chi connectivity index (χ2v) is 11.9. The normalized spacial score (nSPS) is 28.0. The summed E-state index contributed by atoms with van der Waals surface area (Å²) in [5.41, 5.74) is 1.36. The highest BCUT2D eigenvalue weighted by Crippen LogP contribution is 2.56. The number of hydrogen-bond donors (Lipinski definition) is 1. The monoisotopic (exact) mass is 573 g/mol. The van der Waals surface area contributed by atoms with Gasteiger partial charge in [-0.3, -0.25) is 24.1 Å². The van der Waals surface area contributed by atoms with Crippen LogP contribution in [0.25, 0.3) is 0 Å². The lowest BCUT2D eigenvalue weighted by Gasteiger charge is -2.42. The second-order valence-electron chi connectivity index (χ2n) is 10.6. The van der Waals surface area contributed by atoms with E-state index in [1.54, 1.807) is 12.1 Å². The van der Waals surface area contributed by atoms with Gasteiger partial charge in [-0.2, -0.15) is 0 Å². The van der Waals surface area contributed by atoms with Crippen LogP contribution in [0.2, 0.25) is 5.02 Å². The number of phenolic OH excluding ortho intramolecular Hbond substituents is 1. The SMILES string of the molecule is COc1cc([C@H]2C3=CC[C@@H]4C(=O)N(C(C)(C)C)C(=O)[C@@H]4[C@@H]3CC3=C2C(=O)C=C(Br)C3=O)cc(Cl)c1O. The van der Waals surface area contributed by atoms with Crippen molar-refractivity contribution in [2.75, 3.05) is 7.11 Å². The number of phenols is 1. The number of ether oxygens (including phenoxy) is 1. The molecular weight excluding hydrogens is 550 g/mol. The Balaban J connectivity index is 1.71. The molecule has 0 radical (unpaired) electrons. The van der Waals surface area contributed by atoms with E-state index < -0.39 is 29.2 Å². The Morgan fingerprint density at radius 3 is 2.44 bits per heavy atom. The highest BCUT2D eigenvalue weighted by molar-refractivity contribution is 9.12. The largest absolute Gasteiger partial charge is 0.503 e. The number of rotatable bonds is 2. The van der Waals surface area contributed by atoms with E-state index in [1.165, 1.54) is 18.1 Å². The molecule has 1 N–H and O–H groups in total. The average Bonchev–Trinajstić information content (AvgIpc) is 3.08. The molecule has 1 aromatic carbocycles. The van der Waals surface area contributed by atoms with E-state index in [1.807, 2.05) is 26.8 Å². The van der Waals surface area contributed by atoms with E-state index in [4.69, 9.17) is 16.3 Å². The molecule has 1 fully saturated rings. The van der Waals surface area contributed by atoms with Gasteiger partial charge in [-0.05, 0) is 73.2 Å². The molecule has 2 amide bonds. The van der Waals surface area contributed by atoms with Crippen LogP contribution in [0.1, 0.15) is 45.1 Å². The van der Waals surface area contributed by atoms with Gasteiger partial charge in [0.25, 0.3) is 0 Å². The molecule has 0 spiro atoms. The first-order valence-electron chi connectivity index (χ1n) is 11.7. The van der Waals surface area contributed by atoms with Crippen LogP contribution in [0.15, 0.2) is 45.5 Å². The van der Waals surface area contributed by atoms with Gasteiger partial charge in [-0.15, -0.1) is 0 Å². The van der Waals surface area contributed by atoms with Gasteiger partial charge in [-0.25, -0.2) is 0 Å². The number of halogens is 2. The topological polar surface area (TPSA) is 101 Å². The highest BCUT2D eigenvalue weighted by Gasteiger charge is 2.58. The second kappa shape index (κ2) is 8.42. The maximum atomic E-state index is 13.7. The molecule has 188 valence electrons. The van der Waals surface area contributed by atoms with Crippen LogP contribution in [0.4, 0.5) is 0 Å². The molecule has 9 heteroatoms. The third-order valence-corrected chi connectivity index (χ3v) is 8.48. The van der Waals surface area contributed by atoms with Crippen molar-refractivity contribution in [1.29, 1.82) is 0 Å². The van der Waals surface area contributed by atoms with Crippen molar-refractivity contribution in [3.63, 3.8) is 0 Å². The summed E-state index contributed by atoms with van der Waals surface area (Å²) < 4.78 is 5.46. The zero-order valence-electron chi connectivity index (χ0n) is 20.2. The molecule has 0 saturated carbocycles. The maximum absolute atomic E-state index is 13.7. The minimum atomic E-state index is -0.676. The van der Waals surface area contributed by atoms with E-state index in [9.17, 15) is 24.3 Å². The lowest BCUT2D eigenvalue weighted by molar-refractivity contribution is -0.145. The number of ketones is 2. The number of Topliss-reactive ketones (excluding diaryl/α,β-unsaturated/α-hetero) is 1. The summed E-state index contributed by atoms with van der Waals surface area (Å²) in [5, 5.41) is 10.3. The minimum Gasteiger partial charge on any atom is -0.503 e.